The first-order valence-corrected chi connectivity index (χ1v) is 6.82. The van der Waals surface area contributed by atoms with Gasteiger partial charge in [0.15, 0.2) is 0 Å². The third-order valence-corrected chi connectivity index (χ3v) is 3.20. The van der Waals surface area contributed by atoms with E-state index >= 15 is 0 Å². The summed E-state index contributed by atoms with van der Waals surface area (Å²) in [7, 11) is 0. The van der Waals surface area contributed by atoms with E-state index in [4.69, 9.17) is 5.73 Å². The summed E-state index contributed by atoms with van der Waals surface area (Å²) in [6, 6.07) is 8.46. The summed E-state index contributed by atoms with van der Waals surface area (Å²) < 4.78 is 13.1. The van der Waals surface area contributed by atoms with Crippen LogP contribution in [0.15, 0.2) is 36.5 Å². The Morgan fingerprint density at radius 2 is 2.00 bits per heavy atom. The molecule has 1 aromatic heterocycles. The third kappa shape index (κ3) is 3.33. The lowest BCUT2D eigenvalue weighted by atomic mass is 9.98. The number of nitrogens with two attached hydrogens (primary N) is 1. The Bertz CT molecular complexity index is 566. The van der Waals surface area contributed by atoms with Crippen LogP contribution in [-0.2, 0) is 0 Å². The van der Waals surface area contributed by atoms with Crippen LogP contribution in [0.4, 0.5) is 10.2 Å². The number of nitrogen functional groups attached to an aromatic ring is 1. The molecule has 0 bridgehead atoms. The van der Waals surface area contributed by atoms with Gasteiger partial charge in [-0.1, -0.05) is 19.1 Å². The minimum absolute atomic E-state index is 0.0667. The molecule has 0 radical (unpaired) electrons. The van der Waals surface area contributed by atoms with Gasteiger partial charge in [-0.05, 0) is 49.2 Å². The van der Waals surface area contributed by atoms with Crippen LogP contribution in [0.3, 0.4) is 0 Å². The van der Waals surface area contributed by atoms with E-state index in [0.717, 1.165) is 29.7 Å². The Balaban J connectivity index is 2.41. The SMILES string of the molecule is CCCNC(c1ccc(F)cc1)c1cc(C)cnc1N. The summed E-state index contributed by atoms with van der Waals surface area (Å²) in [5, 5.41) is 3.45. The predicted molar refractivity (Wildman–Crippen MR) is 79.9 cm³/mol. The number of aromatic nitrogens is 1. The molecule has 106 valence electrons. The number of pyridine rings is 1. The molecule has 0 aliphatic rings. The Labute approximate surface area is 119 Å². The molecule has 4 heteroatoms. The zero-order valence-electron chi connectivity index (χ0n) is 11.9. The fraction of sp³-hybridized carbons (Fsp3) is 0.312. The van der Waals surface area contributed by atoms with Crippen molar-refractivity contribution < 1.29 is 4.39 Å². The number of hydrogen-bond acceptors (Lipinski definition) is 3. The smallest absolute Gasteiger partial charge is 0.128 e. The molecular weight excluding hydrogens is 253 g/mol. The minimum Gasteiger partial charge on any atom is -0.383 e. The lowest BCUT2D eigenvalue weighted by Gasteiger charge is -2.21. The summed E-state index contributed by atoms with van der Waals surface area (Å²) in [5.41, 5.74) is 8.98. The second kappa shape index (κ2) is 6.48. The summed E-state index contributed by atoms with van der Waals surface area (Å²) in [4.78, 5) is 4.21. The van der Waals surface area contributed by atoms with Crippen LogP contribution in [0, 0.1) is 12.7 Å². The highest BCUT2D eigenvalue weighted by atomic mass is 19.1. The topological polar surface area (TPSA) is 50.9 Å². The van der Waals surface area contributed by atoms with Crippen molar-refractivity contribution in [3.63, 3.8) is 0 Å². The van der Waals surface area contributed by atoms with Crippen LogP contribution >= 0.6 is 0 Å². The molecule has 1 heterocycles. The summed E-state index contributed by atoms with van der Waals surface area (Å²) >= 11 is 0. The fourth-order valence-electron chi connectivity index (χ4n) is 2.18. The van der Waals surface area contributed by atoms with E-state index in [1.807, 2.05) is 13.0 Å². The van der Waals surface area contributed by atoms with Crippen LogP contribution in [0.2, 0.25) is 0 Å². The normalized spacial score (nSPS) is 12.3. The molecule has 0 aliphatic carbocycles. The van der Waals surface area contributed by atoms with Gasteiger partial charge >= 0.3 is 0 Å². The third-order valence-electron chi connectivity index (χ3n) is 3.20. The van der Waals surface area contributed by atoms with E-state index in [-0.39, 0.29) is 11.9 Å². The molecule has 1 atom stereocenters. The lowest BCUT2D eigenvalue weighted by Crippen LogP contribution is -2.24. The van der Waals surface area contributed by atoms with Gasteiger partial charge in [0.25, 0.3) is 0 Å². The highest BCUT2D eigenvalue weighted by molar-refractivity contribution is 5.47. The van der Waals surface area contributed by atoms with Crippen molar-refractivity contribution in [1.29, 1.82) is 0 Å². The minimum atomic E-state index is -0.238. The number of halogens is 1. The molecule has 0 fully saturated rings. The van der Waals surface area contributed by atoms with E-state index in [9.17, 15) is 4.39 Å². The summed E-state index contributed by atoms with van der Waals surface area (Å²) in [6.07, 6.45) is 2.76. The number of nitrogens with one attached hydrogen (secondary N) is 1. The van der Waals surface area contributed by atoms with E-state index in [1.54, 1.807) is 18.3 Å². The highest BCUT2D eigenvalue weighted by Crippen LogP contribution is 2.26. The fourth-order valence-corrected chi connectivity index (χ4v) is 2.18. The van der Waals surface area contributed by atoms with Crippen molar-refractivity contribution in [3.05, 3.63) is 59.0 Å². The van der Waals surface area contributed by atoms with Crippen molar-refractivity contribution in [1.82, 2.24) is 10.3 Å². The molecule has 1 unspecified atom stereocenters. The second-order valence-electron chi connectivity index (χ2n) is 4.93. The molecule has 20 heavy (non-hydrogen) atoms. The van der Waals surface area contributed by atoms with E-state index < -0.39 is 0 Å². The van der Waals surface area contributed by atoms with Gasteiger partial charge in [0.2, 0.25) is 0 Å². The Morgan fingerprint density at radius 3 is 2.65 bits per heavy atom. The zero-order chi connectivity index (χ0) is 14.5. The number of benzene rings is 1. The zero-order valence-corrected chi connectivity index (χ0v) is 11.9. The number of hydrogen-bond donors (Lipinski definition) is 2. The average molecular weight is 273 g/mol. The molecular formula is C16H20FN3. The van der Waals surface area contributed by atoms with Gasteiger partial charge in [0.05, 0.1) is 6.04 Å². The van der Waals surface area contributed by atoms with Crippen molar-refractivity contribution >= 4 is 5.82 Å². The summed E-state index contributed by atoms with van der Waals surface area (Å²) in [6.45, 7) is 4.94. The van der Waals surface area contributed by atoms with Crippen LogP contribution in [0.25, 0.3) is 0 Å². The van der Waals surface area contributed by atoms with Crippen molar-refractivity contribution in [2.45, 2.75) is 26.3 Å². The second-order valence-corrected chi connectivity index (χ2v) is 4.93. The van der Waals surface area contributed by atoms with Crippen molar-refractivity contribution in [3.8, 4) is 0 Å². The van der Waals surface area contributed by atoms with Crippen LogP contribution in [0.5, 0.6) is 0 Å². The molecule has 0 spiro atoms. The Kier molecular flexibility index (Phi) is 4.69. The quantitative estimate of drug-likeness (QED) is 0.879. The van der Waals surface area contributed by atoms with Gasteiger partial charge in [-0.3, -0.25) is 0 Å². The first-order chi connectivity index (χ1) is 9.61. The number of anilines is 1. The van der Waals surface area contributed by atoms with Gasteiger partial charge in [0, 0.05) is 11.8 Å². The van der Waals surface area contributed by atoms with E-state index in [1.165, 1.54) is 12.1 Å². The molecule has 3 N–H and O–H groups in total. The largest absolute Gasteiger partial charge is 0.383 e. The van der Waals surface area contributed by atoms with Gasteiger partial charge in [0.1, 0.15) is 11.6 Å². The molecule has 0 saturated carbocycles. The van der Waals surface area contributed by atoms with Crippen LogP contribution in [-0.4, -0.2) is 11.5 Å². The molecule has 0 aliphatic heterocycles. The first kappa shape index (κ1) is 14.5. The van der Waals surface area contributed by atoms with Crippen LogP contribution in [0.1, 0.15) is 36.1 Å². The van der Waals surface area contributed by atoms with Gasteiger partial charge in [-0.2, -0.15) is 0 Å². The first-order valence-electron chi connectivity index (χ1n) is 6.82. The van der Waals surface area contributed by atoms with Gasteiger partial charge < -0.3 is 11.1 Å². The Hall–Kier alpha value is -1.94. The van der Waals surface area contributed by atoms with Crippen molar-refractivity contribution in [2.75, 3.05) is 12.3 Å². The predicted octanol–water partition coefficient (Wildman–Crippen LogP) is 3.20. The van der Waals surface area contributed by atoms with E-state index in [2.05, 4.69) is 17.2 Å². The lowest BCUT2D eigenvalue weighted by molar-refractivity contribution is 0.593. The highest BCUT2D eigenvalue weighted by Gasteiger charge is 2.17. The number of nitrogens with zero attached hydrogens (tertiary/aromatic N) is 1. The van der Waals surface area contributed by atoms with Gasteiger partial charge in [-0.25, -0.2) is 9.37 Å². The van der Waals surface area contributed by atoms with Gasteiger partial charge in [-0.15, -0.1) is 0 Å². The maximum atomic E-state index is 13.1. The summed E-state index contributed by atoms with van der Waals surface area (Å²) in [5.74, 6) is 0.270. The monoisotopic (exact) mass is 273 g/mol. The molecule has 3 nitrogen and oxygen atoms in total. The number of rotatable bonds is 5. The maximum absolute atomic E-state index is 13.1. The molecule has 0 saturated heterocycles. The molecule has 1 aromatic carbocycles. The van der Waals surface area contributed by atoms with Crippen LogP contribution < -0.4 is 11.1 Å². The molecule has 2 rings (SSSR count). The average Bonchev–Trinajstić information content (AvgIpc) is 2.44. The van der Waals surface area contributed by atoms with E-state index in [0.29, 0.717) is 5.82 Å². The molecule has 0 amide bonds. The molecule has 2 aromatic rings. The number of aryl methyl sites for hydroxylation is 1. The maximum Gasteiger partial charge on any atom is 0.128 e. The Morgan fingerprint density at radius 1 is 1.30 bits per heavy atom. The van der Waals surface area contributed by atoms with Crippen molar-refractivity contribution in [2.24, 2.45) is 0 Å². The standard InChI is InChI=1S/C16H20FN3/c1-3-8-19-15(12-4-6-13(17)7-5-12)14-9-11(2)10-20-16(14)18/h4-7,9-10,15,19H,3,8H2,1-2H3,(H2,18,20).